The van der Waals surface area contributed by atoms with Gasteiger partial charge in [0.15, 0.2) is 11.5 Å². The average molecular weight is 534 g/mol. The third kappa shape index (κ3) is 5.08. The predicted molar refractivity (Wildman–Crippen MR) is 135 cm³/mol. The molecule has 0 N–H and O–H groups in total. The van der Waals surface area contributed by atoms with Crippen molar-refractivity contribution < 1.29 is 28.3 Å². The van der Waals surface area contributed by atoms with E-state index < -0.39 is 0 Å². The molecule has 1 aliphatic heterocycles. The maximum Gasteiger partial charge on any atom is 0.265 e. The molecule has 0 unspecified atom stereocenters. The van der Waals surface area contributed by atoms with Crippen molar-refractivity contribution in [3.8, 4) is 17.2 Å². The van der Waals surface area contributed by atoms with Gasteiger partial charge in [-0.25, -0.2) is 0 Å². The number of halogens is 1. The molecule has 0 spiro atoms. The number of fused-ring (bicyclic) bond motifs is 1. The zero-order chi connectivity index (χ0) is 24.9. The first kappa shape index (κ1) is 26.0. The van der Waals surface area contributed by atoms with E-state index in [2.05, 4.69) is 54.0 Å². The van der Waals surface area contributed by atoms with Gasteiger partial charge in [0.1, 0.15) is 6.54 Å². The lowest BCUT2D eigenvalue weighted by Crippen LogP contribution is -2.47. The molecule has 0 aliphatic carbocycles. The minimum absolute atomic E-state index is 0.236. The van der Waals surface area contributed by atoms with E-state index in [1.54, 1.807) is 6.07 Å². The number of unbranched alkanes of at least 4 members (excludes halogenated alkanes) is 1. The Bertz CT molecular complexity index is 1030. The molecule has 0 saturated heterocycles. The van der Waals surface area contributed by atoms with E-state index in [1.165, 1.54) is 31.8 Å². The molecule has 0 radical (unpaired) electrons. The van der Waals surface area contributed by atoms with Gasteiger partial charge >= 0.3 is 0 Å². The van der Waals surface area contributed by atoms with Gasteiger partial charge < -0.3 is 18.7 Å². The third-order valence-electron chi connectivity index (χ3n) is 6.80. The van der Waals surface area contributed by atoms with Gasteiger partial charge in [0.25, 0.3) is 11.8 Å². The van der Waals surface area contributed by atoms with Crippen LogP contribution in [0.3, 0.4) is 0 Å². The third-order valence-corrected chi connectivity index (χ3v) is 7.33. The molecule has 0 aromatic heterocycles. The molecule has 2 aromatic rings. The monoisotopic (exact) mass is 533 g/mol. The summed E-state index contributed by atoms with van der Waals surface area (Å²) in [5.41, 5.74) is 1.84. The van der Waals surface area contributed by atoms with E-state index >= 15 is 0 Å². The molecule has 0 fully saturated rings. The van der Waals surface area contributed by atoms with Crippen molar-refractivity contribution in [2.45, 2.75) is 33.2 Å². The minimum Gasteiger partial charge on any atom is -0.493 e. The van der Waals surface area contributed by atoms with Crippen molar-refractivity contribution in [3.63, 3.8) is 0 Å². The molecule has 3 rings (SSSR count). The average Bonchev–Trinajstić information content (AvgIpc) is 3.10. The van der Waals surface area contributed by atoms with Crippen molar-refractivity contribution in [3.05, 3.63) is 51.5 Å². The van der Waals surface area contributed by atoms with E-state index in [4.69, 9.17) is 14.2 Å². The SMILES string of the molecule is CC[N+](CC)(CCCCN1C(=O)c2cc(OC)c(OC)c(OC)c2C1=O)Cc1ccc(Br)cc1. The highest BCUT2D eigenvalue weighted by atomic mass is 79.9. The van der Waals surface area contributed by atoms with Crippen molar-refractivity contribution in [1.82, 2.24) is 4.90 Å². The zero-order valence-corrected chi connectivity index (χ0v) is 22.2. The number of rotatable bonds is 12. The molecule has 1 aliphatic rings. The van der Waals surface area contributed by atoms with Crippen molar-refractivity contribution in [2.75, 3.05) is 47.5 Å². The number of nitrogens with zero attached hydrogens (tertiary/aromatic N) is 2. The van der Waals surface area contributed by atoms with E-state index in [0.29, 0.717) is 23.6 Å². The van der Waals surface area contributed by atoms with Crippen LogP contribution in [0.4, 0.5) is 0 Å². The Hall–Kier alpha value is -2.58. The Morgan fingerprint density at radius 3 is 2.09 bits per heavy atom. The molecule has 7 nitrogen and oxygen atoms in total. The molecule has 0 saturated carbocycles. The molecule has 0 atom stereocenters. The maximum absolute atomic E-state index is 13.1. The highest BCUT2D eigenvalue weighted by Crippen LogP contribution is 2.45. The van der Waals surface area contributed by atoms with E-state index in [9.17, 15) is 9.59 Å². The summed E-state index contributed by atoms with van der Waals surface area (Å²) < 4.78 is 18.2. The second-order valence-corrected chi connectivity index (χ2v) is 9.43. The summed E-state index contributed by atoms with van der Waals surface area (Å²) in [6.45, 7) is 8.80. The first-order valence-corrected chi connectivity index (χ1v) is 12.4. The summed E-state index contributed by atoms with van der Waals surface area (Å²) in [6.07, 6.45) is 1.65. The van der Waals surface area contributed by atoms with Gasteiger partial charge in [-0.3, -0.25) is 14.5 Å². The normalized spacial score (nSPS) is 13.3. The van der Waals surface area contributed by atoms with Crippen LogP contribution < -0.4 is 14.2 Å². The Labute approximate surface area is 210 Å². The number of carbonyl (C=O) groups is 2. The topological polar surface area (TPSA) is 65.1 Å². The molecule has 2 amide bonds. The summed E-state index contributed by atoms with van der Waals surface area (Å²) in [6, 6.07) is 10.0. The van der Waals surface area contributed by atoms with E-state index in [-0.39, 0.29) is 23.1 Å². The fourth-order valence-electron chi connectivity index (χ4n) is 4.65. The molecule has 184 valence electrons. The fourth-order valence-corrected chi connectivity index (χ4v) is 4.91. The first-order valence-electron chi connectivity index (χ1n) is 11.6. The van der Waals surface area contributed by atoms with Crippen LogP contribution >= 0.6 is 15.9 Å². The van der Waals surface area contributed by atoms with E-state index in [1.807, 2.05) is 0 Å². The highest BCUT2D eigenvalue weighted by molar-refractivity contribution is 9.10. The van der Waals surface area contributed by atoms with Crippen molar-refractivity contribution in [2.24, 2.45) is 0 Å². The molecule has 8 heteroatoms. The number of imide groups is 1. The van der Waals surface area contributed by atoms with Gasteiger partial charge in [-0.05, 0) is 44.9 Å². The Morgan fingerprint density at radius 2 is 1.53 bits per heavy atom. The van der Waals surface area contributed by atoms with Gasteiger partial charge in [-0.2, -0.15) is 0 Å². The summed E-state index contributed by atoms with van der Waals surface area (Å²) in [5.74, 6) is 0.245. The summed E-state index contributed by atoms with van der Waals surface area (Å²) >= 11 is 3.50. The van der Waals surface area contributed by atoms with Gasteiger partial charge in [0.2, 0.25) is 5.75 Å². The second-order valence-electron chi connectivity index (χ2n) is 8.52. The quantitative estimate of drug-likeness (QED) is 0.220. The molecular formula is C26H34BrN2O5+. The molecule has 0 bridgehead atoms. The lowest BCUT2D eigenvalue weighted by Gasteiger charge is -2.37. The standard InChI is InChI=1S/C26H34BrN2O5/c1-6-29(7-2,17-18-10-12-19(27)13-11-18)15-9-8-14-28-25(30)20-16-21(32-3)23(33-4)24(34-5)22(20)26(28)31/h10-13,16H,6-9,14-15,17H2,1-5H3/q+1. The van der Waals surface area contributed by atoms with Crippen LogP contribution in [0.15, 0.2) is 34.8 Å². The summed E-state index contributed by atoms with van der Waals surface area (Å²) in [5, 5.41) is 0. The Balaban J connectivity index is 1.68. The van der Waals surface area contributed by atoms with E-state index in [0.717, 1.165) is 48.0 Å². The van der Waals surface area contributed by atoms with Crippen LogP contribution in [0.2, 0.25) is 0 Å². The molecule has 1 heterocycles. The minimum atomic E-state index is -0.348. The van der Waals surface area contributed by atoms with Crippen LogP contribution in [0.5, 0.6) is 17.2 Å². The summed E-state index contributed by atoms with van der Waals surface area (Å²) in [4.78, 5) is 27.5. The number of hydrogen-bond donors (Lipinski definition) is 0. The van der Waals surface area contributed by atoms with Crippen LogP contribution in [-0.4, -0.2) is 68.7 Å². The van der Waals surface area contributed by atoms with Gasteiger partial charge in [0, 0.05) is 16.6 Å². The van der Waals surface area contributed by atoms with Gasteiger partial charge in [-0.15, -0.1) is 0 Å². The van der Waals surface area contributed by atoms with Crippen molar-refractivity contribution >= 4 is 27.7 Å². The highest BCUT2D eigenvalue weighted by Gasteiger charge is 2.40. The van der Waals surface area contributed by atoms with Crippen LogP contribution in [0.1, 0.15) is 53.0 Å². The van der Waals surface area contributed by atoms with Crippen molar-refractivity contribution in [1.29, 1.82) is 0 Å². The van der Waals surface area contributed by atoms with Gasteiger partial charge in [0.05, 0.1) is 52.1 Å². The maximum atomic E-state index is 13.1. The summed E-state index contributed by atoms with van der Waals surface area (Å²) in [7, 11) is 4.42. The first-order chi connectivity index (χ1) is 16.3. The predicted octanol–water partition coefficient (Wildman–Crippen LogP) is 4.91. The number of carbonyl (C=O) groups excluding carboxylic acids is 2. The fraction of sp³-hybridized carbons (Fsp3) is 0.462. The van der Waals surface area contributed by atoms with Crippen LogP contribution in [-0.2, 0) is 6.54 Å². The Kier molecular flexibility index (Phi) is 8.60. The van der Waals surface area contributed by atoms with Gasteiger partial charge in [-0.1, -0.05) is 28.1 Å². The number of hydrogen-bond acceptors (Lipinski definition) is 5. The molecule has 2 aromatic carbocycles. The number of methoxy groups -OCH3 is 3. The second kappa shape index (κ2) is 11.2. The number of amides is 2. The molecule has 34 heavy (non-hydrogen) atoms. The Morgan fingerprint density at radius 1 is 0.882 bits per heavy atom. The lowest BCUT2D eigenvalue weighted by molar-refractivity contribution is -0.938. The largest absolute Gasteiger partial charge is 0.493 e. The number of ether oxygens (including phenoxy) is 3. The van der Waals surface area contributed by atoms with Crippen LogP contribution in [0.25, 0.3) is 0 Å². The molecular weight excluding hydrogens is 500 g/mol. The number of quaternary nitrogens is 1. The van der Waals surface area contributed by atoms with Crippen LogP contribution in [0, 0.1) is 0 Å². The zero-order valence-electron chi connectivity index (χ0n) is 20.7. The smallest absolute Gasteiger partial charge is 0.265 e. The lowest BCUT2D eigenvalue weighted by atomic mass is 10.1. The number of benzene rings is 2.